The Labute approximate surface area is 107 Å². The molecule has 3 heterocycles. The highest BCUT2D eigenvalue weighted by Gasteiger charge is 2.35. The van der Waals surface area contributed by atoms with Crippen molar-refractivity contribution in [3.8, 4) is 0 Å². The monoisotopic (exact) mass is 248 g/mol. The van der Waals surface area contributed by atoms with E-state index in [4.69, 9.17) is 4.42 Å². The van der Waals surface area contributed by atoms with Gasteiger partial charge in [-0.2, -0.15) is 0 Å². The van der Waals surface area contributed by atoms with Crippen LogP contribution in [0.2, 0.25) is 0 Å². The molecule has 0 aliphatic carbocycles. The quantitative estimate of drug-likeness (QED) is 0.820. The molecule has 2 aliphatic rings. The number of likely N-dealkylation sites (tertiary alicyclic amines) is 1. The van der Waals surface area contributed by atoms with Gasteiger partial charge >= 0.3 is 0 Å². The molecule has 2 saturated heterocycles. The Hall–Kier alpha value is -1.29. The van der Waals surface area contributed by atoms with Crippen molar-refractivity contribution in [3.05, 3.63) is 23.2 Å². The summed E-state index contributed by atoms with van der Waals surface area (Å²) in [7, 11) is 0. The molecule has 1 amide bonds. The van der Waals surface area contributed by atoms with Crippen LogP contribution in [0.4, 0.5) is 0 Å². The van der Waals surface area contributed by atoms with Crippen LogP contribution in [0.5, 0.6) is 0 Å². The number of hydrogen-bond acceptors (Lipinski definition) is 3. The molecule has 1 aromatic heterocycles. The minimum atomic E-state index is 0.134. The zero-order chi connectivity index (χ0) is 12.7. The van der Waals surface area contributed by atoms with Gasteiger partial charge in [-0.25, -0.2) is 0 Å². The van der Waals surface area contributed by atoms with Gasteiger partial charge in [-0.05, 0) is 51.3 Å². The standard InChI is InChI=1S/C14H20N2O2/c1-9-5-13(10(2)18-9)14(17)16-4-3-11-6-15-7-12(11)8-16/h5,11-12,15H,3-4,6-8H2,1-2H3. The molecule has 1 N–H and O–H groups in total. The molecular weight excluding hydrogens is 228 g/mol. The van der Waals surface area contributed by atoms with Gasteiger partial charge in [0.05, 0.1) is 5.56 Å². The number of piperidine rings is 1. The Morgan fingerprint density at radius 3 is 2.89 bits per heavy atom. The third-order valence-electron chi connectivity index (χ3n) is 4.26. The van der Waals surface area contributed by atoms with Crippen molar-refractivity contribution in [2.45, 2.75) is 20.3 Å². The first-order valence-electron chi connectivity index (χ1n) is 6.72. The Bertz CT molecular complexity index is 466. The van der Waals surface area contributed by atoms with Gasteiger partial charge in [-0.15, -0.1) is 0 Å². The van der Waals surface area contributed by atoms with Crippen LogP contribution < -0.4 is 5.32 Å². The fraction of sp³-hybridized carbons (Fsp3) is 0.643. The Morgan fingerprint density at radius 1 is 1.39 bits per heavy atom. The Kier molecular flexibility index (Phi) is 2.90. The average Bonchev–Trinajstić information content (AvgIpc) is 2.93. The van der Waals surface area contributed by atoms with Gasteiger partial charge in [0, 0.05) is 13.1 Å². The highest BCUT2D eigenvalue weighted by molar-refractivity contribution is 5.95. The molecule has 1 aromatic rings. The van der Waals surface area contributed by atoms with Crippen molar-refractivity contribution in [1.29, 1.82) is 0 Å². The van der Waals surface area contributed by atoms with E-state index in [-0.39, 0.29) is 5.91 Å². The van der Waals surface area contributed by atoms with Crippen molar-refractivity contribution >= 4 is 5.91 Å². The molecule has 0 aromatic carbocycles. The maximum Gasteiger partial charge on any atom is 0.257 e. The number of amides is 1. The molecule has 2 atom stereocenters. The van der Waals surface area contributed by atoms with Gasteiger partial charge in [0.25, 0.3) is 5.91 Å². The second-order valence-corrected chi connectivity index (χ2v) is 5.55. The van der Waals surface area contributed by atoms with Crippen LogP contribution in [0.3, 0.4) is 0 Å². The van der Waals surface area contributed by atoms with Crippen molar-refractivity contribution in [1.82, 2.24) is 10.2 Å². The van der Waals surface area contributed by atoms with Crippen LogP contribution >= 0.6 is 0 Å². The number of rotatable bonds is 1. The van der Waals surface area contributed by atoms with E-state index in [1.54, 1.807) is 0 Å². The fourth-order valence-electron chi connectivity index (χ4n) is 3.23. The first-order valence-corrected chi connectivity index (χ1v) is 6.72. The molecule has 3 rings (SSSR count). The maximum absolute atomic E-state index is 12.5. The van der Waals surface area contributed by atoms with E-state index in [0.717, 1.165) is 55.6 Å². The van der Waals surface area contributed by atoms with Gasteiger partial charge in [0.2, 0.25) is 0 Å². The second-order valence-electron chi connectivity index (χ2n) is 5.55. The summed E-state index contributed by atoms with van der Waals surface area (Å²) in [5, 5.41) is 3.42. The normalized spacial score (nSPS) is 27.3. The van der Waals surface area contributed by atoms with Crippen LogP contribution in [-0.2, 0) is 0 Å². The lowest BCUT2D eigenvalue weighted by Gasteiger charge is -2.34. The molecular formula is C14H20N2O2. The Balaban J connectivity index is 1.75. The minimum Gasteiger partial charge on any atom is -0.466 e. The zero-order valence-corrected chi connectivity index (χ0v) is 11.0. The molecule has 18 heavy (non-hydrogen) atoms. The summed E-state index contributed by atoms with van der Waals surface area (Å²) < 4.78 is 5.45. The van der Waals surface area contributed by atoms with Crippen molar-refractivity contribution in [2.75, 3.05) is 26.2 Å². The van der Waals surface area contributed by atoms with Crippen molar-refractivity contribution < 1.29 is 9.21 Å². The summed E-state index contributed by atoms with van der Waals surface area (Å²) in [5.74, 6) is 3.09. The number of carbonyl (C=O) groups excluding carboxylic acids is 1. The number of nitrogens with zero attached hydrogens (tertiary/aromatic N) is 1. The van der Waals surface area contributed by atoms with Crippen molar-refractivity contribution in [3.63, 3.8) is 0 Å². The number of furan rings is 1. The number of fused-ring (bicyclic) bond motifs is 1. The third-order valence-corrected chi connectivity index (χ3v) is 4.26. The average molecular weight is 248 g/mol. The van der Waals surface area contributed by atoms with Crippen LogP contribution in [0.25, 0.3) is 0 Å². The minimum absolute atomic E-state index is 0.134. The number of nitrogens with one attached hydrogen (secondary N) is 1. The van der Waals surface area contributed by atoms with Gasteiger partial charge in [-0.3, -0.25) is 4.79 Å². The highest BCUT2D eigenvalue weighted by Crippen LogP contribution is 2.28. The predicted molar refractivity (Wildman–Crippen MR) is 68.6 cm³/mol. The van der Waals surface area contributed by atoms with Crippen LogP contribution in [0, 0.1) is 25.7 Å². The molecule has 0 bridgehead atoms. The SMILES string of the molecule is Cc1cc(C(=O)N2CCC3CNCC3C2)c(C)o1. The van der Waals surface area contributed by atoms with Crippen LogP contribution in [0.1, 0.15) is 28.3 Å². The molecule has 2 aliphatic heterocycles. The number of hydrogen-bond donors (Lipinski definition) is 1. The molecule has 0 radical (unpaired) electrons. The Morgan fingerprint density at radius 2 is 2.17 bits per heavy atom. The number of aryl methyl sites for hydroxylation is 2. The molecule has 0 spiro atoms. The van der Waals surface area contributed by atoms with E-state index in [9.17, 15) is 4.79 Å². The number of carbonyl (C=O) groups is 1. The lowest BCUT2D eigenvalue weighted by atomic mass is 9.88. The summed E-state index contributed by atoms with van der Waals surface area (Å²) in [6, 6.07) is 1.86. The first-order chi connectivity index (χ1) is 8.65. The first kappa shape index (κ1) is 11.8. The molecule has 0 saturated carbocycles. The van der Waals surface area contributed by atoms with E-state index in [1.165, 1.54) is 0 Å². The van der Waals surface area contributed by atoms with Gasteiger partial charge in [0.1, 0.15) is 11.5 Å². The highest BCUT2D eigenvalue weighted by atomic mass is 16.3. The molecule has 2 fully saturated rings. The summed E-state index contributed by atoms with van der Waals surface area (Å²) in [6.07, 6.45) is 1.12. The zero-order valence-electron chi connectivity index (χ0n) is 11.0. The second kappa shape index (κ2) is 4.43. The largest absolute Gasteiger partial charge is 0.466 e. The van der Waals surface area contributed by atoms with Gasteiger partial charge in [-0.1, -0.05) is 0 Å². The van der Waals surface area contributed by atoms with Crippen LogP contribution in [-0.4, -0.2) is 37.0 Å². The molecule has 4 heteroatoms. The van der Waals surface area contributed by atoms with Gasteiger partial charge < -0.3 is 14.6 Å². The third kappa shape index (κ3) is 1.94. The lowest BCUT2D eigenvalue weighted by molar-refractivity contribution is 0.0641. The van der Waals surface area contributed by atoms with Crippen LogP contribution in [0.15, 0.2) is 10.5 Å². The lowest BCUT2D eigenvalue weighted by Crippen LogP contribution is -2.43. The molecule has 2 unspecified atom stereocenters. The van der Waals surface area contributed by atoms with E-state index < -0.39 is 0 Å². The van der Waals surface area contributed by atoms with E-state index >= 15 is 0 Å². The maximum atomic E-state index is 12.5. The topological polar surface area (TPSA) is 45.5 Å². The van der Waals surface area contributed by atoms with E-state index in [0.29, 0.717) is 5.92 Å². The summed E-state index contributed by atoms with van der Waals surface area (Å²) in [5.41, 5.74) is 0.733. The summed E-state index contributed by atoms with van der Waals surface area (Å²) in [4.78, 5) is 14.5. The fourth-order valence-corrected chi connectivity index (χ4v) is 3.23. The van der Waals surface area contributed by atoms with E-state index in [1.807, 2.05) is 24.8 Å². The molecule has 4 nitrogen and oxygen atoms in total. The smallest absolute Gasteiger partial charge is 0.257 e. The van der Waals surface area contributed by atoms with Gasteiger partial charge in [0.15, 0.2) is 0 Å². The summed E-state index contributed by atoms with van der Waals surface area (Å²) >= 11 is 0. The van der Waals surface area contributed by atoms with E-state index in [2.05, 4.69) is 5.32 Å². The summed E-state index contributed by atoms with van der Waals surface area (Å²) in [6.45, 7) is 7.70. The predicted octanol–water partition coefficient (Wildman–Crippen LogP) is 1.58. The van der Waals surface area contributed by atoms with Crippen molar-refractivity contribution in [2.24, 2.45) is 11.8 Å². The molecule has 98 valence electrons.